The van der Waals surface area contributed by atoms with Crippen LogP contribution in [0.1, 0.15) is 60.5 Å². The summed E-state index contributed by atoms with van der Waals surface area (Å²) in [6.07, 6.45) is 2.13. The second-order valence-electron chi connectivity index (χ2n) is 9.77. The van der Waals surface area contributed by atoms with Crippen LogP contribution in [-0.4, -0.2) is 47.4 Å². The molecule has 31 heavy (non-hydrogen) atoms. The monoisotopic (exact) mass is 430 g/mol. The molecule has 0 saturated carbocycles. The van der Waals surface area contributed by atoms with Crippen molar-refractivity contribution in [2.75, 3.05) is 13.6 Å². The van der Waals surface area contributed by atoms with Crippen molar-refractivity contribution in [2.24, 2.45) is 11.3 Å². The molecule has 0 bridgehead atoms. The van der Waals surface area contributed by atoms with Gasteiger partial charge in [-0.3, -0.25) is 9.59 Å². The Hall–Kier alpha value is -2.63. The number of rotatable bonds is 9. The van der Waals surface area contributed by atoms with E-state index in [1.54, 1.807) is 7.05 Å². The SMILES string of the molecule is CC[C@H](C(=O)N[C@H](C(=O)N(C)C/C=C(\C)C(=O)O)C(C)(C)C)C(C)(C)c1ccccc1. The predicted octanol–water partition coefficient (Wildman–Crippen LogP) is 4.01. The molecule has 0 aliphatic rings. The number of benzene rings is 1. The quantitative estimate of drug-likeness (QED) is 0.580. The molecule has 2 amide bonds. The van der Waals surface area contributed by atoms with E-state index in [0.717, 1.165) is 5.56 Å². The lowest BCUT2D eigenvalue weighted by atomic mass is 9.71. The van der Waals surface area contributed by atoms with Gasteiger partial charge in [0, 0.05) is 30.5 Å². The Kier molecular flexibility index (Phi) is 9.03. The summed E-state index contributed by atoms with van der Waals surface area (Å²) in [6, 6.07) is 9.19. The van der Waals surface area contributed by atoms with Crippen LogP contribution in [0.15, 0.2) is 42.0 Å². The maximum atomic E-state index is 13.4. The molecule has 0 spiro atoms. The lowest BCUT2D eigenvalue weighted by molar-refractivity contribution is -0.140. The fourth-order valence-corrected chi connectivity index (χ4v) is 3.66. The number of carbonyl (C=O) groups is 3. The molecule has 2 N–H and O–H groups in total. The zero-order chi connectivity index (χ0) is 24.0. The first kappa shape index (κ1) is 26.4. The minimum absolute atomic E-state index is 0.157. The molecule has 0 aliphatic heterocycles. The number of likely N-dealkylation sites (N-methyl/N-ethyl adjacent to an activating group) is 1. The van der Waals surface area contributed by atoms with Crippen molar-refractivity contribution < 1.29 is 19.5 Å². The van der Waals surface area contributed by atoms with Gasteiger partial charge in [0.1, 0.15) is 6.04 Å². The van der Waals surface area contributed by atoms with Gasteiger partial charge in [-0.1, -0.05) is 78.0 Å². The molecule has 172 valence electrons. The summed E-state index contributed by atoms with van der Waals surface area (Å²) in [5.41, 5.74) is 0.328. The summed E-state index contributed by atoms with van der Waals surface area (Å²) in [5.74, 6) is -1.74. The first-order valence-electron chi connectivity index (χ1n) is 10.7. The van der Waals surface area contributed by atoms with Gasteiger partial charge in [0.15, 0.2) is 0 Å². The first-order chi connectivity index (χ1) is 14.2. The Morgan fingerprint density at radius 1 is 1.10 bits per heavy atom. The lowest BCUT2D eigenvalue weighted by Gasteiger charge is -2.38. The maximum Gasteiger partial charge on any atom is 0.331 e. The standard InChI is InChI=1S/C25H38N2O4/c1-9-19(25(6,7)18-13-11-10-12-14-18)21(28)26-20(24(3,4)5)22(29)27(8)16-15-17(2)23(30)31/h10-15,19-20H,9,16H2,1-8H3,(H,26,28)(H,30,31)/b17-15+/t19-,20-/m1/s1. The zero-order valence-corrected chi connectivity index (χ0v) is 20.2. The van der Waals surface area contributed by atoms with Crippen molar-refractivity contribution >= 4 is 17.8 Å². The molecular weight excluding hydrogens is 392 g/mol. The minimum atomic E-state index is -1.02. The molecule has 1 aromatic rings. The van der Waals surface area contributed by atoms with Crippen LogP contribution in [0.25, 0.3) is 0 Å². The second-order valence-corrected chi connectivity index (χ2v) is 9.77. The van der Waals surface area contributed by atoms with Gasteiger partial charge in [0.2, 0.25) is 11.8 Å². The highest BCUT2D eigenvalue weighted by Crippen LogP contribution is 2.34. The normalized spacial score (nSPS) is 14.5. The number of carboxylic acids is 1. The van der Waals surface area contributed by atoms with Crippen molar-refractivity contribution in [1.29, 1.82) is 0 Å². The molecule has 0 unspecified atom stereocenters. The number of nitrogens with zero attached hydrogens (tertiary/aromatic N) is 1. The maximum absolute atomic E-state index is 13.4. The van der Waals surface area contributed by atoms with Crippen LogP contribution in [0.3, 0.4) is 0 Å². The summed E-state index contributed by atoms with van der Waals surface area (Å²) in [6.45, 7) is 13.5. The number of carboxylic acid groups (broad SMARTS) is 1. The lowest BCUT2D eigenvalue weighted by Crippen LogP contribution is -2.56. The van der Waals surface area contributed by atoms with Gasteiger partial charge in [-0.05, 0) is 24.3 Å². The van der Waals surface area contributed by atoms with E-state index < -0.39 is 22.8 Å². The molecule has 0 aromatic heterocycles. The van der Waals surface area contributed by atoms with E-state index in [0.29, 0.717) is 6.42 Å². The number of nitrogens with one attached hydrogen (secondary N) is 1. The number of aliphatic carboxylic acids is 1. The molecule has 0 radical (unpaired) electrons. The van der Waals surface area contributed by atoms with Crippen molar-refractivity contribution in [3.05, 3.63) is 47.5 Å². The molecule has 6 nitrogen and oxygen atoms in total. The molecule has 0 aliphatic carbocycles. The van der Waals surface area contributed by atoms with E-state index in [1.807, 2.05) is 58.0 Å². The molecule has 2 atom stereocenters. The van der Waals surface area contributed by atoms with Crippen molar-refractivity contribution in [3.8, 4) is 0 Å². The van der Waals surface area contributed by atoms with Gasteiger partial charge < -0.3 is 15.3 Å². The molecule has 0 heterocycles. The summed E-state index contributed by atoms with van der Waals surface area (Å²) in [5, 5.41) is 12.0. The number of hydrogen-bond acceptors (Lipinski definition) is 3. The molecule has 0 fully saturated rings. The van der Waals surface area contributed by atoms with Crippen LogP contribution < -0.4 is 5.32 Å². The highest BCUT2D eigenvalue weighted by molar-refractivity contribution is 5.90. The largest absolute Gasteiger partial charge is 0.478 e. The highest BCUT2D eigenvalue weighted by Gasteiger charge is 2.40. The Morgan fingerprint density at radius 3 is 2.10 bits per heavy atom. The molecule has 0 saturated heterocycles. The van der Waals surface area contributed by atoms with E-state index in [4.69, 9.17) is 5.11 Å². The molecule has 6 heteroatoms. The minimum Gasteiger partial charge on any atom is -0.478 e. The van der Waals surface area contributed by atoms with E-state index in [9.17, 15) is 14.4 Å². The van der Waals surface area contributed by atoms with Crippen LogP contribution in [0.5, 0.6) is 0 Å². The number of hydrogen-bond donors (Lipinski definition) is 2. The Bertz CT molecular complexity index is 807. The van der Waals surface area contributed by atoms with E-state index in [1.165, 1.54) is 17.9 Å². The number of carbonyl (C=O) groups excluding carboxylic acids is 2. The van der Waals surface area contributed by atoms with Crippen molar-refractivity contribution in [2.45, 2.75) is 66.3 Å². The summed E-state index contributed by atoms with van der Waals surface area (Å²) < 4.78 is 0. The van der Waals surface area contributed by atoms with Crippen LogP contribution in [-0.2, 0) is 19.8 Å². The van der Waals surface area contributed by atoms with E-state index in [-0.39, 0.29) is 29.9 Å². The summed E-state index contributed by atoms with van der Waals surface area (Å²) in [7, 11) is 1.62. The smallest absolute Gasteiger partial charge is 0.331 e. The third kappa shape index (κ3) is 6.94. The van der Waals surface area contributed by atoms with Gasteiger partial charge in [-0.25, -0.2) is 4.79 Å². The number of amides is 2. The Labute approximate surface area is 186 Å². The van der Waals surface area contributed by atoms with Crippen LogP contribution >= 0.6 is 0 Å². The first-order valence-corrected chi connectivity index (χ1v) is 10.7. The molecule has 1 rings (SSSR count). The Morgan fingerprint density at radius 2 is 1.65 bits per heavy atom. The highest BCUT2D eigenvalue weighted by atomic mass is 16.4. The van der Waals surface area contributed by atoms with Gasteiger partial charge in [-0.2, -0.15) is 0 Å². The average molecular weight is 431 g/mol. The van der Waals surface area contributed by atoms with Gasteiger partial charge in [0.25, 0.3) is 0 Å². The fourth-order valence-electron chi connectivity index (χ4n) is 3.66. The second kappa shape index (κ2) is 10.6. The van der Waals surface area contributed by atoms with E-state index in [2.05, 4.69) is 19.2 Å². The van der Waals surface area contributed by atoms with Crippen molar-refractivity contribution in [1.82, 2.24) is 10.2 Å². The molecule has 1 aromatic carbocycles. The predicted molar refractivity (Wildman–Crippen MR) is 124 cm³/mol. The molecular formula is C25H38N2O4. The van der Waals surface area contributed by atoms with Crippen molar-refractivity contribution in [3.63, 3.8) is 0 Å². The van der Waals surface area contributed by atoms with Gasteiger partial charge in [-0.15, -0.1) is 0 Å². The van der Waals surface area contributed by atoms with Gasteiger partial charge >= 0.3 is 5.97 Å². The Balaban J connectivity index is 3.10. The topological polar surface area (TPSA) is 86.7 Å². The average Bonchev–Trinajstić information content (AvgIpc) is 2.69. The summed E-state index contributed by atoms with van der Waals surface area (Å²) >= 11 is 0. The zero-order valence-electron chi connectivity index (χ0n) is 20.2. The third-order valence-electron chi connectivity index (χ3n) is 5.90. The van der Waals surface area contributed by atoms with Crippen LogP contribution in [0.2, 0.25) is 0 Å². The van der Waals surface area contributed by atoms with Crippen LogP contribution in [0.4, 0.5) is 0 Å². The van der Waals surface area contributed by atoms with Crippen LogP contribution in [0, 0.1) is 11.3 Å². The fraction of sp³-hybridized carbons (Fsp3) is 0.560. The third-order valence-corrected chi connectivity index (χ3v) is 5.90. The van der Waals surface area contributed by atoms with E-state index >= 15 is 0 Å². The summed E-state index contributed by atoms with van der Waals surface area (Å²) in [4.78, 5) is 39.0. The van der Waals surface area contributed by atoms with Gasteiger partial charge in [0.05, 0.1) is 0 Å².